The maximum atomic E-state index is 10.9. The van der Waals surface area contributed by atoms with Gasteiger partial charge >= 0.3 is 0 Å². The van der Waals surface area contributed by atoms with Crippen LogP contribution < -0.4 is 5.32 Å². The van der Waals surface area contributed by atoms with Crippen molar-refractivity contribution in [2.75, 3.05) is 18.5 Å². The normalized spacial score (nSPS) is 14.1. The first kappa shape index (κ1) is 14.7. The van der Waals surface area contributed by atoms with Gasteiger partial charge in [-0.05, 0) is 25.5 Å². The minimum absolute atomic E-state index is 0.0223. The number of aliphatic hydroxyl groups excluding tert-OH is 1. The van der Waals surface area contributed by atoms with Gasteiger partial charge in [-0.2, -0.15) is 0 Å². The highest BCUT2D eigenvalue weighted by atomic mass is 35.5. The fourth-order valence-electron chi connectivity index (χ4n) is 1.38. The van der Waals surface area contributed by atoms with Crippen LogP contribution in [0.1, 0.15) is 12.5 Å². The van der Waals surface area contributed by atoms with Crippen LogP contribution in [0.15, 0.2) is 12.1 Å². The van der Waals surface area contributed by atoms with Crippen LogP contribution >= 0.6 is 11.6 Å². The van der Waals surface area contributed by atoms with Gasteiger partial charge < -0.3 is 15.5 Å². The Balaban J connectivity index is 3.06. The number of hydrogen-bond acceptors (Lipinski definition) is 5. The average molecular weight is 275 g/mol. The third-order valence-corrected chi connectivity index (χ3v) is 2.97. The van der Waals surface area contributed by atoms with E-state index in [1.54, 1.807) is 6.92 Å². The molecule has 18 heavy (non-hydrogen) atoms. The molecule has 0 aliphatic rings. The van der Waals surface area contributed by atoms with Gasteiger partial charge in [0.2, 0.25) is 0 Å². The van der Waals surface area contributed by atoms with Crippen LogP contribution in [0.3, 0.4) is 0 Å². The van der Waals surface area contributed by atoms with Gasteiger partial charge in [-0.3, -0.25) is 10.1 Å². The molecule has 0 heterocycles. The Bertz CT molecular complexity index is 463. The molecule has 0 aromatic heterocycles. The van der Waals surface area contributed by atoms with E-state index in [-0.39, 0.29) is 17.9 Å². The summed E-state index contributed by atoms with van der Waals surface area (Å²) in [6, 6.07) is 2.75. The minimum Gasteiger partial charge on any atom is -0.393 e. The zero-order chi connectivity index (χ0) is 13.9. The molecule has 0 saturated carbocycles. The molecule has 1 aromatic rings. The number of nitrogens with zero attached hydrogens (tertiary/aromatic N) is 1. The summed E-state index contributed by atoms with van der Waals surface area (Å²) in [4.78, 5) is 10.4. The number of aliphatic hydroxyl groups is 2. The molecule has 0 aliphatic carbocycles. The molecule has 0 radical (unpaired) electrons. The molecule has 1 atom stereocenters. The summed E-state index contributed by atoms with van der Waals surface area (Å²) in [5, 5.41) is 32.6. The van der Waals surface area contributed by atoms with Gasteiger partial charge in [0.05, 0.1) is 11.5 Å². The van der Waals surface area contributed by atoms with E-state index >= 15 is 0 Å². The summed E-state index contributed by atoms with van der Waals surface area (Å²) in [5.41, 5.74) is -0.700. The van der Waals surface area contributed by atoms with Crippen molar-refractivity contribution in [1.82, 2.24) is 0 Å². The third-order valence-electron chi connectivity index (χ3n) is 2.56. The molecule has 0 aliphatic heterocycles. The van der Waals surface area contributed by atoms with Crippen molar-refractivity contribution < 1.29 is 15.1 Å². The monoisotopic (exact) mass is 274 g/mol. The third kappa shape index (κ3) is 3.32. The van der Waals surface area contributed by atoms with Crippen molar-refractivity contribution in [2.45, 2.75) is 19.4 Å². The number of anilines is 1. The van der Waals surface area contributed by atoms with Crippen LogP contribution in [0.25, 0.3) is 0 Å². The van der Waals surface area contributed by atoms with E-state index in [4.69, 9.17) is 16.7 Å². The van der Waals surface area contributed by atoms with Gasteiger partial charge in [-0.15, -0.1) is 0 Å². The van der Waals surface area contributed by atoms with Crippen molar-refractivity contribution in [3.05, 3.63) is 32.8 Å². The summed E-state index contributed by atoms with van der Waals surface area (Å²) < 4.78 is 0. The quantitative estimate of drug-likeness (QED) is 0.561. The van der Waals surface area contributed by atoms with Crippen molar-refractivity contribution >= 4 is 23.0 Å². The predicted octanol–water partition coefficient (Wildman–Crippen LogP) is 1.71. The number of hydrogen-bond donors (Lipinski definition) is 3. The Hall–Kier alpha value is -1.37. The van der Waals surface area contributed by atoms with Gasteiger partial charge in [0, 0.05) is 17.6 Å². The fraction of sp³-hybridized carbons (Fsp3) is 0.455. The van der Waals surface area contributed by atoms with E-state index < -0.39 is 17.1 Å². The first-order valence-electron chi connectivity index (χ1n) is 5.29. The second-order valence-electron chi connectivity index (χ2n) is 4.33. The lowest BCUT2D eigenvalue weighted by Crippen LogP contribution is -2.37. The summed E-state index contributed by atoms with van der Waals surface area (Å²) in [6.07, 6.45) is 0. The zero-order valence-electron chi connectivity index (χ0n) is 10.1. The Kier molecular flexibility index (Phi) is 4.50. The summed E-state index contributed by atoms with van der Waals surface area (Å²) in [7, 11) is 0. The first-order valence-corrected chi connectivity index (χ1v) is 5.67. The highest BCUT2D eigenvalue weighted by Gasteiger charge is 2.23. The van der Waals surface area contributed by atoms with Crippen molar-refractivity contribution in [3.63, 3.8) is 0 Å². The lowest BCUT2D eigenvalue weighted by Gasteiger charge is -2.22. The fourth-order valence-corrected chi connectivity index (χ4v) is 1.54. The van der Waals surface area contributed by atoms with Crippen molar-refractivity contribution in [3.8, 4) is 0 Å². The summed E-state index contributed by atoms with van der Waals surface area (Å²) in [5.74, 6) is 0. The van der Waals surface area contributed by atoms with E-state index in [0.29, 0.717) is 10.6 Å². The molecule has 7 heteroatoms. The van der Waals surface area contributed by atoms with Crippen LogP contribution in [0.5, 0.6) is 0 Å². The summed E-state index contributed by atoms with van der Waals surface area (Å²) in [6.45, 7) is 2.59. The molecule has 1 rings (SSSR count). The molecule has 0 fully saturated rings. The largest absolute Gasteiger partial charge is 0.393 e. The Labute approximate surface area is 109 Å². The van der Waals surface area contributed by atoms with Gasteiger partial charge in [-0.1, -0.05) is 11.6 Å². The van der Waals surface area contributed by atoms with E-state index in [0.717, 1.165) is 0 Å². The topological polar surface area (TPSA) is 95.6 Å². The van der Waals surface area contributed by atoms with Crippen molar-refractivity contribution in [1.29, 1.82) is 0 Å². The smallest absolute Gasteiger partial charge is 0.292 e. The second kappa shape index (κ2) is 5.51. The molecule has 1 aromatic carbocycles. The highest BCUT2D eigenvalue weighted by molar-refractivity contribution is 6.31. The van der Waals surface area contributed by atoms with Crippen LogP contribution in [0.4, 0.5) is 11.4 Å². The maximum absolute atomic E-state index is 10.9. The van der Waals surface area contributed by atoms with Crippen LogP contribution in [0.2, 0.25) is 5.02 Å². The number of rotatable bonds is 5. The van der Waals surface area contributed by atoms with Gasteiger partial charge in [0.15, 0.2) is 0 Å². The lowest BCUT2D eigenvalue weighted by atomic mass is 10.1. The molecular weight excluding hydrogens is 260 g/mol. The van der Waals surface area contributed by atoms with Gasteiger partial charge in [0.1, 0.15) is 11.3 Å². The number of nitrogens with one attached hydrogen (secondary N) is 1. The van der Waals surface area contributed by atoms with Crippen LogP contribution in [-0.4, -0.2) is 33.9 Å². The Morgan fingerprint density at radius 3 is 2.67 bits per heavy atom. The number of halogens is 1. The Morgan fingerprint density at radius 2 is 2.17 bits per heavy atom. The second-order valence-corrected chi connectivity index (χ2v) is 4.74. The lowest BCUT2D eigenvalue weighted by molar-refractivity contribution is -0.384. The Morgan fingerprint density at radius 1 is 1.56 bits per heavy atom. The van der Waals surface area contributed by atoms with Crippen molar-refractivity contribution in [2.24, 2.45) is 0 Å². The van der Waals surface area contributed by atoms with Gasteiger partial charge in [-0.25, -0.2) is 0 Å². The SMILES string of the molecule is Cc1c(Cl)ccc([N+](=O)[O-])c1NCC(C)(O)CO. The highest BCUT2D eigenvalue weighted by Crippen LogP contribution is 2.33. The molecule has 6 nitrogen and oxygen atoms in total. The van der Waals surface area contributed by atoms with Gasteiger partial charge in [0.25, 0.3) is 5.69 Å². The van der Waals surface area contributed by atoms with Crippen LogP contribution in [-0.2, 0) is 0 Å². The average Bonchev–Trinajstić information content (AvgIpc) is 2.30. The first-order chi connectivity index (χ1) is 8.28. The number of nitro benzene ring substituents is 1. The van der Waals surface area contributed by atoms with Crippen LogP contribution in [0, 0.1) is 17.0 Å². The minimum atomic E-state index is -1.36. The summed E-state index contributed by atoms with van der Waals surface area (Å²) >= 11 is 5.90. The molecule has 1 unspecified atom stereocenters. The van der Waals surface area contributed by atoms with E-state index in [1.807, 2.05) is 0 Å². The molecular formula is C11H15ClN2O4. The zero-order valence-corrected chi connectivity index (χ0v) is 10.9. The molecule has 3 N–H and O–H groups in total. The van der Waals surface area contributed by atoms with E-state index in [9.17, 15) is 15.2 Å². The predicted molar refractivity (Wildman–Crippen MR) is 69.0 cm³/mol. The molecule has 100 valence electrons. The molecule has 0 amide bonds. The van der Waals surface area contributed by atoms with E-state index in [2.05, 4.69) is 5.32 Å². The number of nitro groups is 1. The molecule has 0 spiro atoms. The number of benzene rings is 1. The molecule has 0 bridgehead atoms. The standard InChI is InChI=1S/C11H15ClN2O4/c1-7-8(12)3-4-9(14(17)18)10(7)13-5-11(2,16)6-15/h3-4,13,15-16H,5-6H2,1-2H3. The molecule has 0 saturated heterocycles. The van der Waals surface area contributed by atoms with E-state index in [1.165, 1.54) is 19.1 Å². The maximum Gasteiger partial charge on any atom is 0.292 e.